The largest absolute Gasteiger partial charge is 0.0864 e. The zero-order valence-electron chi connectivity index (χ0n) is 8.36. The van der Waals surface area contributed by atoms with Crippen LogP contribution in [0.4, 0.5) is 0 Å². The predicted molar refractivity (Wildman–Crippen MR) is 63.8 cm³/mol. The molecule has 0 bridgehead atoms. The average molecular weight is 278 g/mol. The van der Waals surface area contributed by atoms with E-state index in [2.05, 4.69) is 49.4 Å². The van der Waals surface area contributed by atoms with Crippen LogP contribution in [-0.2, 0) is 0 Å². The Kier molecular flexibility index (Phi) is 3.62. The molecule has 0 spiro atoms. The molecule has 1 aliphatic carbocycles. The summed E-state index contributed by atoms with van der Waals surface area (Å²) in [6.45, 7) is 7.14. The number of hydrogen-bond acceptors (Lipinski definition) is 0. The molecule has 0 unspecified atom stereocenters. The summed E-state index contributed by atoms with van der Waals surface area (Å²) in [4.78, 5) is 0. The first-order valence-electron chi connectivity index (χ1n) is 4.80. The quantitative estimate of drug-likeness (QED) is 0.403. The maximum atomic E-state index is 2.49. The molecule has 0 N–H and O–H groups in total. The molecule has 12 heavy (non-hydrogen) atoms. The molecule has 0 aliphatic heterocycles. The van der Waals surface area contributed by atoms with Gasteiger partial charge in [0.25, 0.3) is 0 Å². The van der Waals surface area contributed by atoms with Gasteiger partial charge in [0.1, 0.15) is 0 Å². The molecule has 0 fully saturated rings. The van der Waals surface area contributed by atoms with Crippen molar-refractivity contribution in [2.75, 3.05) is 4.43 Å². The first-order chi connectivity index (χ1) is 5.58. The fourth-order valence-corrected chi connectivity index (χ4v) is 2.96. The van der Waals surface area contributed by atoms with Crippen molar-refractivity contribution < 1.29 is 0 Å². The molecule has 1 aliphatic rings. The maximum Gasteiger partial charge on any atom is 0.000118 e. The fraction of sp³-hybridized carbons (Fsp3) is 0.818. The maximum absolute atomic E-state index is 2.49. The predicted octanol–water partition coefficient (Wildman–Crippen LogP) is 4.19. The third-order valence-corrected chi connectivity index (χ3v) is 3.77. The molecule has 1 rings (SSSR count). The van der Waals surface area contributed by atoms with E-state index in [0.29, 0.717) is 5.41 Å². The van der Waals surface area contributed by atoms with Crippen LogP contribution in [0.2, 0.25) is 0 Å². The first-order valence-corrected chi connectivity index (χ1v) is 6.33. The van der Waals surface area contributed by atoms with Gasteiger partial charge in [0.05, 0.1) is 0 Å². The van der Waals surface area contributed by atoms with E-state index in [1.54, 1.807) is 5.57 Å². The lowest BCUT2D eigenvalue weighted by Crippen LogP contribution is -2.28. The second-order valence-corrected chi connectivity index (χ2v) is 5.58. The summed E-state index contributed by atoms with van der Waals surface area (Å²) in [6, 6.07) is 0. The van der Waals surface area contributed by atoms with Crippen LogP contribution in [0, 0.1) is 11.3 Å². The molecular formula is C11H19I. The van der Waals surface area contributed by atoms with Crippen LogP contribution >= 0.6 is 22.6 Å². The Bertz CT molecular complexity index is 179. The molecule has 0 nitrogen and oxygen atoms in total. The van der Waals surface area contributed by atoms with Crippen molar-refractivity contribution in [2.24, 2.45) is 11.3 Å². The molecule has 0 heterocycles. The highest BCUT2D eigenvalue weighted by atomic mass is 127. The Morgan fingerprint density at radius 1 is 1.58 bits per heavy atom. The summed E-state index contributed by atoms with van der Waals surface area (Å²) in [5.41, 5.74) is 2.17. The van der Waals surface area contributed by atoms with Gasteiger partial charge < -0.3 is 0 Å². The molecule has 0 saturated carbocycles. The van der Waals surface area contributed by atoms with Gasteiger partial charge in [0.2, 0.25) is 0 Å². The van der Waals surface area contributed by atoms with Crippen molar-refractivity contribution in [1.29, 1.82) is 0 Å². The summed E-state index contributed by atoms with van der Waals surface area (Å²) in [6.07, 6.45) is 6.44. The summed E-state index contributed by atoms with van der Waals surface area (Å²) in [5, 5.41) is 0. The van der Waals surface area contributed by atoms with Crippen molar-refractivity contribution in [3.8, 4) is 0 Å². The Balaban J connectivity index is 2.74. The lowest BCUT2D eigenvalue weighted by atomic mass is 9.68. The molecule has 70 valence electrons. The van der Waals surface area contributed by atoms with Gasteiger partial charge in [-0.25, -0.2) is 0 Å². The number of rotatable bonds is 2. The molecule has 0 saturated heterocycles. The van der Waals surface area contributed by atoms with E-state index in [-0.39, 0.29) is 0 Å². The van der Waals surface area contributed by atoms with Crippen LogP contribution < -0.4 is 0 Å². The van der Waals surface area contributed by atoms with Crippen molar-refractivity contribution in [1.82, 2.24) is 0 Å². The van der Waals surface area contributed by atoms with Crippen LogP contribution in [0.15, 0.2) is 11.6 Å². The lowest BCUT2D eigenvalue weighted by molar-refractivity contribution is 0.211. The summed E-state index contributed by atoms with van der Waals surface area (Å²) in [5.74, 6) is 0.836. The van der Waals surface area contributed by atoms with Gasteiger partial charge in [-0.2, -0.15) is 0 Å². The lowest BCUT2D eigenvalue weighted by Gasteiger charge is -2.38. The minimum atomic E-state index is 0.546. The van der Waals surface area contributed by atoms with Gasteiger partial charge in [-0.15, -0.1) is 0 Å². The molecule has 0 aromatic carbocycles. The topological polar surface area (TPSA) is 0 Å². The van der Waals surface area contributed by atoms with E-state index in [1.807, 2.05) is 0 Å². The molecule has 0 aromatic rings. The van der Waals surface area contributed by atoms with Gasteiger partial charge >= 0.3 is 0 Å². The fourth-order valence-electron chi connectivity index (χ4n) is 2.33. The normalized spacial score (nSPS) is 28.3. The third kappa shape index (κ3) is 2.24. The summed E-state index contributed by atoms with van der Waals surface area (Å²) >= 11 is 2.49. The van der Waals surface area contributed by atoms with Crippen molar-refractivity contribution in [2.45, 2.75) is 40.0 Å². The molecule has 0 radical (unpaired) electrons. The van der Waals surface area contributed by atoms with Crippen LogP contribution in [0.3, 0.4) is 0 Å². The van der Waals surface area contributed by atoms with E-state index < -0.39 is 0 Å². The Labute approximate surface area is 90.0 Å². The van der Waals surface area contributed by atoms with Crippen molar-refractivity contribution in [3.63, 3.8) is 0 Å². The average Bonchev–Trinajstić information content (AvgIpc) is 1.97. The highest BCUT2D eigenvalue weighted by Crippen LogP contribution is 2.42. The van der Waals surface area contributed by atoms with E-state index in [1.165, 1.54) is 23.7 Å². The summed E-state index contributed by atoms with van der Waals surface area (Å²) in [7, 11) is 0. The van der Waals surface area contributed by atoms with Gasteiger partial charge in [-0.05, 0) is 37.5 Å². The van der Waals surface area contributed by atoms with Gasteiger partial charge in [-0.3, -0.25) is 0 Å². The molecule has 0 aromatic heterocycles. The monoisotopic (exact) mass is 278 g/mol. The first kappa shape index (κ1) is 10.6. The minimum Gasteiger partial charge on any atom is -0.0864 e. The van der Waals surface area contributed by atoms with Crippen LogP contribution in [0.25, 0.3) is 0 Å². The van der Waals surface area contributed by atoms with Crippen LogP contribution in [0.5, 0.6) is 0 Å². The molecule has 1 heteroatoms. The number of hydrogen-bond donors (Lipinski definition) is 0. The van der Waals surface area contributed by atoms with Crippen LogP contribution in [-0.4, -0.2) is 4.43 Å². The number of alkyl halides is 1. The van der Waals surface area contributed by atoms with Gasteiger partial charge in [0, 0.05) is 4.43 Å². The van der Waals surface area contributed by atoms with Crippen LogP contribution in [0.1, 0.15) is 40.0 Å². The standard InChI is InChI=1S/C11H19I/c1-9-5-4-7-11(2,3)10(9)6-8-12/h5,10H,4,6-8H2,1-3H3/t10-/m1/s1. The number of halogens is 1. The second kappa shape index (κ2) is 4.12. The Morgan fingerprint density at radius 2 is 2.25 bits per heavy atom. The van der Waals surface area contributed by atoms with Crippen molar-refractivity contribution >= 4 is 22.6 Å². The van der Waals surface area contributed by atoms with E-state index >= 15 is 0 Å². The second-order valence-electron chi connectivity index (χ2n) is 4.51. The van der Waals surface area contributed by atoms with Gasteiger partial charge in [0.15, 0.2) is 0 Å². The summed E-state index contributed by atoms with van der Waals surface area (Å²) < 4.78 is 1.29. The Morgan fingerprint density at radius 3 is 2.75 bits per heavy atom. The van der Waals surface area contributed by atoms with E-state index in [0.717, 1.165) is 5.92 Å². The number of allylic oxidation sites excluding steroid dienone is 2. The van der Waals surface area contributed by atoms with E-state index in [9.17, 15) is 0 Å². The molecule has 1 atom stereocenters. The highest BCUT2D eigenvalue weighted by Gasteiger charge is 2.31. The molecule has 0 amide bonds. The highest BCUT2D eigenvalue weighted by molar-refractivity contribution is 14.1. The third-order valence-electron chi connectivity index (χ3n) is 3.15. The Hall–Kier alpha value is 0.470. The van der Waals surface area contributed by atoms with E-state index in [4.69, 9.17) is 0 Å². The SMILES string of the molecule is CC1=CCCC(C)(C)[C@@H]1CCI. The van der Waals surface area contributed by atoms with Gasteiger partial charge in [-0.1, -0.05) is 48.1 Å². The van der Waals surface area contributed by atoms with Crippen molar-refractivity contribution in [3.05, 3.63) is 11.6 Å². The smallest absolute Gasteiger partial charge is 0.000118 e. The zero-order chi connectivity index (χ0) is 9.19. The zero-order valence-corrected chi connectivity index (χ0v) is 10.5. The molecular weight excluding hydrogens is 259 g/mol. The minimum absolute atomic E-state index is 0.546.